The zero-order valence-electron chi connectivity index (χ0n) is 20.8. The van der Waals surface area contributed by atoms with Gasteiger partial charge in [-0.15, -0.1) is 0 Å². The van der Waals surface area contributed by atoms with Gasteiger partial charge in [0.05, 0.1) is 26.2 Å². The molecule has 0 spiro atoms. The fraction of sp³-hybridized carbons (Fsp3) is 0.808. The summed E-state index contributed by atoms with van der Waals surface area (Å²) in [6, 6.07) is 0. The summed E-state index contributed by atoms with van der Waals surface area (Å²) in [7, 11) is 0. The van der Waals surface area contributed by atoms with Crippen LogP contribution in [0.5, 0.6) is 0 Å². The lowest BCUT2D eigenvalue weighted by Gasteiger charge is -2.39. The van der Waals surface area contributed by atoms with E-state index in [-0.39, 0.29) is 19.3 Å². The Kier molecular flexibility index (Phi) is 19.5. The van der Waals surface area contributed by atoms with Gasteiger partial charge in [0, 0.05) is 19.3 Å². The maximum Gasteiger partial charge on any atom is 0.303 e. The predicted molar refractivity (Wildman–Crippen MR) is 131 cm³/mol. The molecule has 0 heterocycles. The van der Waals surface area contributed by atoms with Gasteiger partial charge in [-0.25, -0.2) is 0 Å². The van der Waals surface area contributed by atoms with Crippen LogP contribution < -0.4 is 0 Å². The van der Waals surface area contributed by atoms with Gasteiger partial charge in [0.25, 0.3) is 0 Å². The van der Waals surface area contributed by atoms with Gasteiger partial charge in [0.1, 0.15) is 0 Å². The zero-order chi connectivity index (χ0) is 24.8. The number of carboxylic acid groups (broad SMARTS) is 3. The number of hydrogen-bond acceptors (Lipinski definition) is 3. The van der Waals surface area contributed by atoms with Crippen molar-refractivity contribution in [2.45, 2.75) is 110 Å². The standard InChI is InChI=1S/C26H47NO6/c1-2-3-4-5-6-7-8-9-13-20-27(21-14-10-17-24(28)29,22-15-11-18-25(30)31)23-16-12-19-26(32)33/h3-4H,2,5-23H2,1H3,(H2-,28,29,30,31,32,33)/p+1/b4-3+. The Morgan fingerprint density at radius 1 is 0.545 bits per heavy atom. The zero-order valence-corrected chi connectivity index (χ0v) is 20.8. The molecular weight excluding hydrogens is 422 g/mol. The highest BCUT2D eigenvalue weighted by molar-refractivity contribution is 5.67. The number of quaternary nitrogens is 1. The van der Waals surface area contributed by atoms with Crippen molar-refractivity contribution in [1.29, 1.82) is 0 Å². The highest BCUT2D eigenvalue weighted by Crippen LogP contribution is 2.19. The van der Waals surface area contributed by atoms with Crippen LogP contribution in [-0.4, -0.2) is 63.9 Å². The molecule has 33 heavy (non-hydrogen) atoms. The quantitative estimate of drug-likeness (QED) is 0.0923. The minimum Gasteiger partial charge on any atom is -0.481 e. The van der Waals surface area contributed by atoms with E-state index < -0.39 is 17.9 Å². The van der Waals surface area contributed by atoms with Crippen LogP contribution in [0.4, 0.5) is 0 Å². The van der Waals surface area contributed by atoms with Gasteiger partial charge in [-0.1, -0.05) is 31.9 Å². The minimum absolute atomic E-state index is 0.171. The minimum atomic E-state index is -0.773. The summed E-state index contributed by atoms with van der Waals surface area (Å²) in [6.07, 6.45) is 17.5. The number of unbranched alkanes of at least 4 members (excludes halogenated alkanes) is 8. The topological polar surface area (TPSA) is 112 Å². The molecular formula is C26H48NO6+. The van der Waals surface area contributed by atoms with Gasteiger partial charge in [-0.05, 0) is 70.6 Å². The van der Waals surface area contributed by atoms with E-state index in [9.17, 15) is 14.4 Å². The summed E-state index contributed by atoms with van der Waals surface area (Å²) in [5.41, 5.74) is 0. The van der Waals surface area contributed by atoms with Gasteiger partial charge in [-0.2, -0.15) is 0 Å². The van der Waals surface area contributed by atoms with Gasteiger partial charge in [0.15, 0.2) is 0 Å². The third kappa shape index (κ3) is 20.4. The van der Waals surface area contributed by atoms with E-state index in [0.29, 0.717) is 19.3 Å². The molecule has 3 N–H and O–H groups in total. The highest BCUT2D eigenvalue weighted by atomic mass is 16.4. The first-order chi connectivity index (χ1) is 15.8. The van der Waals surface area contributed by atoms with Crippen LogP contribution in [0, 0.1) is 0 Å². The molecule has 0 aromatic rings. The van der Waals surface area contributed by atoms with Crippen molar-refractivity contribution < 1.29 is 34.2 Å². The molecule has 0 fully saturated rings. The average molecular weight is 471 g/mol. The van der Waals surface area contributed by atoms with E-state index in [2.05, 4.69) is 19.1 Å². The smallest absolute Gasteiger partial charge is 0.303 e. The second-order valence-corrected chi connectivity index (χ2v) is 9.22. The van der Waals surface area contributed by atoms with E-state index in [4.69, 9.17) is 15.3 Å². The third-order valence-electron chi connectivity index (χ3n) is 6.22. The normalized spacial score (nSPS) is 11.8. The number of nitrogens with zero attached hydrogens (tertiary/aromatic N) is 1. The molecule has 0 aromatic carbocycles. The van der Waals surface area contributed by atoms with Crippen LogP contribution in [-0.2, 0) is 14.4 Å². The van der Waals surface area contributed by atoms with E-state index in [1.807, 2.05) is 0 Å². The van der Waals surface area contributed by atoms with E-state index in [1.165, 1.54) is 19.3 Å². The molecule has 0 unspecified atom stereocenters. The fourth-order valence-electron chi connectivity index (χ4n) is 4.37. The van der Waals surface area contributed by atoms with Crippen LogP contribution >= 0.6 is 0 Å². The Balaban J connectivity index is 4.81. The van der Waals surface area contributed by atoms with E-state index >= 15 is 0 Å². The second-order valence-electron chi connectivity index (χ2n) is 9.22. The molecule has 0 aliphatic heterocycles. The molecule has 0 radical (unpaired) electrons. The van der Waals surface area contributed by atoms with Crippen molar-refractivity contribution in [2.75, 3.05) is 26.2 Å². The highest BCUT2D eigenvalue weighted by Gasteiger charge is 2.26. The van der Waals surface area contributed by atoms with Crippen molar-refractivity contribution >= 4 is 17.9 Å². The van der Waals surface area contributed by atoms with Crippen LogP contribution in [0.1, 0.15) is 110 Å². The SMILES string of the molecule is CC/C=C/CCCCCCC[N+](CCCCC(=O)O)(CCCCC(=O)O)CCCCC(=O)O. The molecule has 0 saturated heterocycles. The summed E-state index contributed by atoms with van der Waals surface area (Å²) in [5, 5.41) is 26.9. The molecule has 0 aromatic heterocycles. The van der Waals surface area contributed by atoms with E-state index in [0.717, 1.165) is 75.6 Å². The maximum absolute atomic E-state index is 10.9. The number of rotatable bonds is 24. The predicted octanol–water partition coefficient (Wildman–Crippen LogP) is 5.87. The summed E-state index contributed by atoms with van der Waals surface area (Å²) < 4.78 is 0.859. The lowest BCUT2D eigenvalue weighted by atomic mass is 10.1. The summed E-state index contributed by atoms with van der Waals surface area (Å²) in [5.74, 6) is -2.32. The van der Waals surface area contributed by atoms with Crippen molar-refractivity contribution in [3.63, 3.8) is 0 Å². The third-order valence-corrected chi connectivity index (χ3v) is 6.22. The van der Waals surface area contributed by atoms with Gasteiger partial charge in [0.2, 0.25) is 0 Å². The average Bonchev–Trinajstić information content (AvgIpc) is 2.75. The van der Waals surface area contributed by atoms with Gasteiger partial charge >= 0.3 is 17.9 Å². The first-order valence-electron chi connectivity index (χ1n) is 13.0. The Bertz CT molecular complexity index is 506. The fourth-order valence-corrected chi connectivity index (χ4v) is 4.37. The van der Waals surface area contributed by atoms with Crippen LogP contribution in [0.25, 0.3) is 0 Å². The van der Waals surface area contributed by atoms with Crippen molar-refractivity contribution in [1.82, 2.24) is 0 Å². The van der Waals surface area contributed by atoms with Gasteiger partial charge < -0.3 is 19.8 Å². The van der Waals surface area contributed by atoms with Gasteiger partial charge in [-0.3, -0.25) is 14.4 Å². The first-order valence-corrected chi connectivity index (χ1v) is 13.0. The van der Waals surface area contributed by atoms with Crippen molar-refractivity contribution in [3.05, 3.63) is 12.2 Å². The van der Waals surface area contributed by atoms with E-state index in [1.54, 1.807) is 0 Å². The lowest BCUT2D eigenvalue weighted by molar-refractivity contribution is -0.929. The van der Waals surface area contributed by atoms with Crippen molar-refractivity contribution in [2.24, 2.45) is 0 Å². The maximum atomic E-state index is 10.9. The van der Waals surface area contributed by atoms with Crippen LogP contribution in [0.2, 0.25) is 0 Å². The number of aliphatic carboxylic acids is 3. The Hall–Kier alpha value is -1.89. The molecule has 0 rings (SSSR count). The molecule has 0 saturated carbocycles. The largest absolute Gasteiger partial charge is 0.481 e. The Labute approximate surface area is 200 Å². The molecule has 7 nitrogen and oxygen atoms in total. The molecule has 0 aliphatic rings. The molecule has 0 bridgehead atoms. The number of hydrogen-bond donors (Lipinski definition) is 3. The molecule has 0 aliphatic carbocycles. The summed E-state index contributed by atoms with van der Waals surface area (Å²) in [6.45, 7) is 5.80. The summed E-state index contributed by atoms with van der Waals surface area (Å²) >= 11 is 0. The van der Waals surface area contributed by atoms with Crippen LogP contribution in [0.3, 0.4) is 0 Å². The monoisotopic (exact) mass is 470 g/mol. The number of allylic oxidation sites excluding steroid dienone is 2. The Morgan fingerprint density at radius 3 is 1.30 bits per heavy atom. The lowest BCUT2D eigenvalue weighted by Crippen LogP contribution is -2.51. The molecule has 0 amide bonds. The second kappa shape index (κ2) is 20.7. The van der Waals surface area contributed by atoms with Crippen molar-refractivity contribution in [3.8, 4) is 0 Å². The summed E-state index contributed by atoms with van der Waals surface area (Å²) in [4.78, 5) is 32.7. The Morgan fingerprint density at radius 2 is 0.909 bits per heavy atom. The number of carbonyl (C=O) groups is 3. The molecule has 7 heteroatoms. The molecule has 0 atom stereocenters. The first kappa shape index (κ1) is 31.1. The number of carboxylic acids is 3. The van der Waals surface area contributed by atoms with Crippen LogP contribution in [0.15, 0.2) is 12.2 Å². The molecule has 192 valence electrons.